The molecule has 3 aliphatic carbocycles. The number of fused-ring (bicyclic) bond motifs is 1. The van der Waals surface area contributed by atoms with Gasteiger partial charge in [-0.15, -0.1) is 0 Å². The SMILES string of the molecule is CO[C@H]1CC[C@]2(CC1)Cc1ccc(OCC3CCC3)cc1C2=O. The third kappa shape index (κ3) is 2.69. The van der Waals surface area contributed by atoms with Crippen molar-refractivity contribution >= 4 is 5.78 Å². The maximum Gasteiger partial charge on any atom is 0.169 e. The van der Waals surface area contributed by atoms with Crippen molar-refractivity contribution in [1.82, 2.24) is 0 Å². The molecule has 23 heavy (non-hydrogen) atoms. The number of hydrogen-bond acceptors (Lipinski definition) is 3. The molecule has 1 aromatic rings. The number of carbonyl (C=O) groups is 1. The highest BCUT2D eigenvalue weighted by Gasteiger charge is 2.47. The smallest absolute Gasteiger partial charge is 0.169 e. The molecule has 0 radical (unpaired) electrons. The highest BCUT2D eigenvalue weighted by atomic mass is 16.5. The Morgan fingerprint density at radius 3 is 2.61 bits per heavy atom. The van der Waals surface area contributed by atoms with E-state index in [9.17, 15) is 4.79 Å². The average Bonchev–Trinajstić information content (AvgIpc) is 2.79. The van der Waals surface area contributed by atoms with Gasteiger partial charge in [0.15, 0.2) is 5.78 Å². The van der Waals surface area contributed by atoms with Gasteiger partial charge in [-0.2, -0.15) is 0 Å². The van der Waals surface area contributed by atoms with Crippen LogP contribution in [0.3, 0.4) is 0 Å². The van der Waals surface area contributed by atoms with E-state index >= 15 is 0 Å². The van der Waals surface area contributed by atoms with E-state index in [-0.39, 0.29) is 5.41 Å². The molecule has 0 amide bonds. The van der Waals surface area contributed by atoms with Crippen LogP contribution in [0.2, 0.25) is 0 Å². The Kier molecular flexibility index (Phi) is 3.92. The van der Waals surface area contributed by atoms with E-state index in [4.69, 9.17) is 9.47 Å². The molecule has 0 unspecified atom stereocenters. The molecule has 0 bridgehead atoms. The van der Waals surface area contributed by atoms with Gasteiger partial charge in [0.1, 0.15) is 5.75 Å². The molecule has 0 aromatic heterocycles. The van der Waals surface area contributed by atoms with Crippen LogP contribution < -0.4 is 4.74 Å². The maximum absolute atomic E-state index is 13.0. The van der Waals surface area contributed by atoms with E-state index in [0.717, 1.165) is 55.9 Å². The molecule has 3 heteroatoms. The molecule has 4 rings (SSSR count). The molecule has 0 atom stereocenters. The molecule has 2 saturated carbocycles. The normalized spacial score (nSPS) is 30.3. The Balaban J connectivity index is 1.47. The first-order valence-electron chi connectivity index (χ1n) is 9.03. The summed E-state index contributed by atoms with van der Waals surface area (Å²) in [4.78, 5) is 13.0. The van der Waals surface area contributed by atoms with E-state index in [1.807, 2.05) is 12.1 Å². The summed E-state index contributed by atoms with van der Waals surface area (Å²) in [6.45, 7) is 0.799. The Morgan fingerprint density at radius 1 is 1.17 bits per heavy atom. The summed E-state index contributed by atoms with van der Waals surface area (Å²) in [5, 5.41) is 0. The van der Waals surface area contributed by atoms with E-state index in [2.05, 4.69) is 6.07 Å². The van der Waals surface area contributed by atoms with Crippen LogP contribution in [0.25, 0.3) is 0 Å². The third-order valence-electron chi connectivity index (χ3n) is 6.27. The minimum Gasteiger partial charge on any atom is -0.493 e. The van der Waals surface area contributed by atoms with Gasteiger partial charge in [0, 0.05) is 18.1 Å². The van der Waals surface area contributed by atoms with Crippen LogP contribution in [0.4, 0.5) is 0 Å². The van der Waals surface area contributed by atoms with Gasteiger partial charge in [0.2, 0.25) is 0 Å². The standard InChI is InChI=1S/C20H26O3/c1-22-16-7-9-20(10-8-16)12-15-5-6-17(11-18(15)19(20)21)23-13-14-3-2-4-14/h5-6,11,14,16H,2-4,7-10,12-13H2,1H3/t16-,20-. The first-order valence-corrected chi connectivity index (χ1v) is 9.03. The molecule has 0 heterocycles. The minimum atomic E-state index is -0.163. The lowest BCUT2D eigenvalue weighted by Gasteiger charge is -2.35. The van der Waals surface area contributed by atoms with Crippen LogP contribution in [0.1, 0.15) is 60.9 Å². The van der Waals surface area contributed by atoms with E-state index in [1.165, 1.54) is 24.8 Å². The Hall–Kier alpha value is -1.35. The quantitative estimate of drug-likeness (QED) is 0.836. The van der Waals surface area contributed by atoms with Crippen molar-refractivity contribution in [3.05, 3.63) is 29.3 Å². The molecule has 0 N–H and O–H groups in total. The van der Waals surface area contributed by atoms with Crippen LogP contribution in [-0.2, 0) is 11.2 Å². The fourth-order valence-electron chi connectivity index (χ4n) is 4.40. The number of hydrogen-bond donors (Lipinski definition) is 0. The number of benzene rings is 1. The summed E-state index contributed by atoms with van der Waals surface area (Å²) >= 11 is 0. The van der Waals surface area contributed by atoms with E-state index in [1.54, 1.807) is 7.11 Å². The zero-order valence-electron chi connectivity index (χ0n) is 14.0. The second kappa shape index (κ2) is 5.94. The number of rotatable bonds is 4. The Morgan fingerprint density at radius 2 is 1.96 bits per heavy atom. The molecule has 1 spiro atoms. The van der Waals surface area contributed by atoms with Crippen molar-refractivity contribution in [2.75, 3.05) is 13.7 Å². The fourth-order valence-corrected chi connectivity index (χ4v) is 4.40. The second-order valence-electron chi connectivity index (χ2n) is 7.65. The summed E-state index contributed by atoms with van der Waals surface area (Å²) in [5.41, 5.74) is 1.96. The van der Waals surface area contributed by atoms with E-state index in [0.29, 0.717) is 11.9 Å². The van der Waals surface area contributed by atoms with Gasteiger partial charge in [0.05, 0.1) is 12.7 Å². The van der Waals surface area contributed by atoms with Crippen molar-refractivity contribution in [1.29, 1.82) is 0 Å². The first kappa shape index (κ1) is 15.2. The van der Waals surface area contributed by atoms with Gasteiger partial charge < -0.3 is 9.47 Å². The lowest BCUT2D eigenvalue weighted by Crippen LogP contribution is -2.35. The molecule has 0 aliphatic heterocycles. The first-order chi connectivity index (χ1) is 11.2. The molecule has 1 aromatic carbocycles. The Bertz CT molecular complexity index is 595. The van der Waals surface area contributed by atoms with Gasteiger partial charge >= 0.3 is 0 Å². The molecule has 124 valence electrons. The summed E-state index contributed by atoms with van der Waals surface area (Å²) in [6, 6.07) is 6.15. The molecule has 3 nitrogen and oxygen atoms in total. The van der Waals surface area contributed by atoms with Gasteiger partial charge in [0.25, 0.3) is 0 Å². The summed E-state index contributed by atoms with van der Waals surface area (Å²) < 4.78 is 11.4. The van der Waals surface area contributed by atoms with Gasteiger partial charge in [-0.3, -0.25) is 4.79 Å². The van der Waals surface area contributed by atoms with Gasteiger partial charge in [-0.1, -0.05) is 12.5 Å². The van der Waals surface area contributed by atoms with Crippen molar-refractivity contribution in [3.8, 4) is 5.75 Å². The fraction of sp³-hybridized carbons (Fsp3) is 0.650. The van der Waals surface area contributed by atoms with Crippen molar-refractivity contribution in [2.45, 2.75) is 57.5 Å². The van der Waals surface area contributed by atoms with Crippen LogP contribution in [0.5, 0.6) is 5.75 Å². The number of ketones is 1. The maximum atomic E-state index is 13.0. The van der Waals surface area contributed by atoms with Crippen LogP contribution in [-0.4, -0.2) is 25.6 Å². The predicted molar refractivity (Wildman–Crippen MR) is 89.0 cm³/mol. The topological polar surface area (TPSA) is 35.5 Å². The minimum absolute atomic E-state index is 0.163. The summed E-state index contributed by atoms with van der Waals surface area (Å²) in [5.74, 6) is 1.93. The second-order valence-corrected chi connectivity index (χ2v) is 7.65. The number of methoxy groups -OCH3 is 1. The van der Waals surface area contributed by atoms with Crippen LogP contribution in [0, 0.1) is 11.3 Å². The third-order valence-corrected chi connectivity index (χ3v) is 6.27. The average molecular weight is 314 g/mol. The van der Waals surface area contributed by atoms with Gasteiger partial charge in [-0.05, 0) is 68.6 Å². The highest BCUT2D eigenvalue weighted by molar-refractivity contribution is 6.05. The largest absolute Gasteiger partial charge is 0.493 e. The van der Waals surface area contributed by atoms with Gasteiger partial charge in [-0.25, -0.2) is 0 Å². The van der Waals surface area contributed by atoms with Crippen molar-refractivity contribution < 1.29 is 14.3 Å². The zero-order valence-corrected chi connectivity index (χ0v) is 14.0. The predicted octanol–water partition coefficient (Wildman–Crippen LogP) is 4.18. The molecule has 3 aliphatic rings. The molecular formula is C20H26O3. The van der Waals surface area contributed by atoms with E-state index < -0.39 is 0 Å². The number of Topliss-reactive ketones (excluding diaryl/α,β-unsaturated/α-hetero) is 1. The number of ether oxygens (including phenoxy) is 2. The molecular weight excluding hydrogens is 288 g/mol. The summed E-state index contributed by atoms with van der Waals surface area (Å²) in [7, 11) is 1.78. The summed E-state index contributed by atoms with van der Waals surface area (Å²) in [6.07, 6.45) is 9.05. The van der Waals surface area contributed by atoms with Crippen molar-refractivity contribution in [3.63, 3.8) is 0 Å². The molecule has 2 fully saturated rings. The zero-order chi connectivity index (χ0) is 15.9. The number of carbonyl (C=O) groups excluding carboxylic acids is 1. The Labute approximate surface area is 138 Å². The lowest BCUT2D eigenvalue weighted by molar-refractivity contribution is 0.0285. The highest BCUT2D eigenvalue weighted by Crippen LogP contribution is 2.48. The molecule has 0 saturated heterocycles. The van der Waals surface area contributed by atoms with Crippen LogP contribution in [0.15, 0.2) is 18.2 Å². The van der Waals surface area contributed by atoms with Crippen LogP contribution >= 0.6 is 0 Å². The monoisotopic (exact) mass is 314 g/mol. The lowest BCUT2D eigenvalue weighted by atomic mass is 9.70. The van der Waals surface area contributed by atoms with Crippen molar-refractivity contribution in [2.24, 2.45) is 11.3 Å².